The standard InChI is InChI=1S/C11H18F3NO/c1-6-5-16-9-3-8(11(12,13)14)2-7(4-15)10(6)9/h6-10H,2-5,15H2,1H3/t6-,7+,8+,9-,10-/m1/s1. The largest absolute Gasteiger partial charge is 0.391 e. The Bertz CT molecular complexity index is 256. The zero-order valence-electron chi connectivity index (χ0n) is 9.33. The summed E-state index contributed by atoms with van der Waals surface area (Å²) in [6, 6.07) is 0. The first-order valence-corrected chi connectivity index (χ1v) is 5.82. The Balaban J connectivity index is 2.12. The fourth-order valence-corrected chi connectivity index (χ4v) is 3.28. The topological polar surface area (TPSA) is 35.2 Å². The van der Waals surface area contributed by atoms with Gasteiger partial charge in [0.25, 0.3) is 0 Å². The quantitative estimate of drug-likeness (QED) is 0.758. The summed E-state index contributed by atoms with van der Waals surface area (Å²) in [6.07, 6.45) is -4.04. The molecule has 5 heteroatoms. The summed E-state index contributed by atoms with van der Waals surface area (Å²) in [4.78, 5) is 0. The van der Waals surface area contributed by atoms with Crippen molar-refractivity contribution in [2.24, 2.45) is 29.4 Å². The lowest BCUT2D eigenvalue weighted by molar-refractivity contribution is -0.198. The highest BCUT2D eigenvalue weighted by molar-refractivity contribution is 4.95. The molecule has 1 saturated heterocycles. The number of hydrogen-bond donors (Lipinski definition) is 1. The summed E-state index contributed by atoms with van der Waals surface area (Å²) in [7, 11) is 0. The van der Waals surface area contributed by atoms with Gasteiger partial charge in [-0.1, -0.05) is 6.92 Å². The smallest absolute Gasteiger partial charge is 0.378 e. The van der Waals surface area contributed by atoms with Gasteiger partial charge in [-0.05, 0) is 37.1 Å². The fourth-order valence-electron chi connectivity index (χ4n) is 3.28. The van der Waals surface area contributed by atoms with Crippen LogP contribution < -0.4 is 5.73 Å². The lowest BCUT2D eigenvalue weighted by Crippen LogP contribution is -2.43. The highest BCUT2D eigenvalue weighted by atomic mass is 19.4. The van der Waals surface area contributed by atoms with Crippen LogP contribution in [-0.4, -0.2) is 25.4 Å². The third kappa shape index (κ3) is 2.07. The number of rotatable bonds is 1. The summed E-state index contributed by atoms with van der Waals surface area (Å²) < 4.78 is 43.6. The van der Waals surface area contributed by atoms with Gasteiger partial charge in [-0.2, -0.15) is 13.2 Å². The molecule has 16 heavy (non-hydrogen) atoms. The Hall–Kier alpha value is -0.290. The summed E-state index contributed by atoms with van der Waals surface area (Å²) in [5.41, 5.74) is 5.60. The third-order valence-corrected chi connectivity index (χ3v) is 4.07. The lowest BCUT2D eigenvalue weighted by atomic mass is 9.69. The number of hydrogen-bond acceptors (Lipinski definition) is 2. The summed E-state index contributed by atoms with van der Waals surface area (Å²) in [6.45, 7) is 2.96. The molecule has 0 aromatic carbocycles. The highest BCUT2D eigenvalue weighted by Gasteiger charge is 2.51. The molecule has 1 heterocycles. The molecule has 2 rings (SSSR count). The maximum Gasteiger partial charge on any atom is 0.391 e. The molecule has 0 radical (unpaired) electrons. The first kappa shape index (κ1) is 12.2. The third-order valence-electron chi connectivity index (χ3n) is 4.07. The van der Waals surface area contributed by atoms with E-state index in [1.165, 1.54) is 0 Å². The number of halogens is 3. The molecule has 94 valence electrons. The van der Waals surface area contributed by atoms with Crippen LogP contribution in [0.15, 0.2) is 0 Å². The minimum atomic E-state index is -4.10. The van der Waals surface area contributed by atoms with Crippen LogP contribution in [0.3, 0.4) is 0 Å². The first-order valence-electron chi connectivity index (χ1n) is 5.82. The molecule has 0 unspecified atom stereocenters. The van der Waals surface area contributed by atoms with Gasteiger partial charge in [-0.15, -0.1) is 0 Å². The predicted octanol–water partition coefficient (Wildman–Crippen LogP) is 2.18. The lowest BCUT2D eigenvalue weighted by Gasteiger charge is -2.39. The van der Waals surface area contributed by atoms with Gasteiger partial charge in [0, 0.05) is 6.61 Å². The molecule has 0 spiro atoms. The molecule has 5 atom stereocenters. The van der Waals surface area contributed by atoms with Crippen molar-refractivity contribution in [3.05, 3.63) is 0 Å². The zero-order chi connectivity index (χ0) is 11.9. The van der Waals surface area contributed by atoms with Crippen molar-refractivity contribution >= 4 is 0 Å². The van der Waals surface area contributed by atoms with Gasteiger partial charge in [0.05, 0.1) is 12.0 Å². The van der Waals surface area contributed by atoms with Gasteiger partial charge in [-0.25, -0.2) is 0 Å². The second-order valence-electron chi connectivity index (χ2n) is 5.13. The molecule has 1 aliphatic carbocycles. The molecule has 2 N–H and O–H groups in total. The van der Waals surface area contributed by atoms with Crippen molar-refractivity contribution in [2.75, 3.05) is 13.2 Å². The molecule has 0 amide bonds. The van der Waals surface area contributed by atoms with Crippen LogP contribution in [0.25, 0.3) is 0 Å². The molecule has 0 bridgehead atoms. The first-order chi connectivity index (χ1) is 7.43. The molecule has 0 aromatic rings. The monoisotopic (exact) mass is 237 g/mol. The second kappa shape index (κ2) is 4.18. The molecule has 0 aromatic heterocycles. The Morgan fingerprint density at radius 1 is 1.31 bits per heavy atom. The van der Waals surface area contributed by atoms with E-state index in [2.05, 4.69) is 0 Å². The fraction of sp³-hybridized carbons (Fsp3) is 1.00. The highest BCUT2D eigenvalue weighted by Crippen LogP contribution is 2.48. The van der Waals surface area contributed by atoms with E-state index in [0.717, 1.165) is 0 Å². The number of fused-ring (bicyclic) bond motifs is 1. The van der Waals surface area contributed by atoms with E-state index >= 15 is 0 Å². The van der Waals surface area contributed by atoms with Crippen LogP contribution >= 0.6 is 0 Å². The number of ether oxygens (including phenoxy) is 1. The zero-order valence-corrected chi connectivity index (χ0v) is 9.33. The summed E-state index contributed by atoms with van der Waals surface area (Å²) >= 11 is 0. The van der Waals surface area contributed by atoms with Crippen LogP contribution in [0, 0.1) is 23.7 Å². The minimum Gasteiger partial charge on any atom is -0.378 e. The van der Waals surface area contributed by atoms with Crippen molar-refractivity contribution in [1.82, 2.24) is 0 Å². The Morgan fingerprint density at radius 3 is 2.56 bits per heavy atom. The maximum absolute atomic E-state index is 12.7. The SMILES string of the molecule is C[C@@H]1CO[C@@H]2C[C@@H](C(F)(F)F)C[C@@H](CN)[C@@H]12. The molecule has 2 fully saturated rings. The normalized spacial score (nSPS) is 44.4. The van der Waals surface area contributed by atoms with Gasteiger partial charge in [0.2, 0.25) is 0 Å². The van der Waals surface area contributed by atoms with Crippen molar-refractivity contribution in [3.63, 3.8) is 0 Å². The summed E-state index contributed by atoms with van der Waals surface area (Å²) in [5, 5.41) is 0. The van der Waals surface area contributed by atoms with E-state index in [4.69, 9.17) is 10.5 Å². The van der Waals surface area contributed by atoms with E-state index in [0.29, 0.717) is 19.1 Å². The van der Waals surface area contributed by atoms with E-state index in [-0.39, 0.29) is 30.8 Å². The Labute approximate surface area is 93.3 Å². The summed E-state index contributed by atoms with van der Waals surface area (Å²) in [5.74, 6) is -0.702. The van der Waals surface area contributed by atoms with Gasteiger partial charge >= 0.3 is 6.18 Å². The Kier molecular flexibility index (Phi) is 3.18. The van der Waals surface area contributed by atoms with E-state index in [9.17, 15) is 13.2 Å². The van der Waals surface area contributed by atoms with Crippen LogP contribution in [0.1, 0.15) is 19.8 Å². The molecule has 1 saturated carbocycles. The Morgan fingerprint density at radius 2 is 2.00 bits per heavy atom. The van der Waals surface area contributed by atoms with Crippen LogP contribution in [0.4, 0.5) is 13.2 Å². The van der Waals surface area contributed by atoms with Crippen molar-refractivity contribution in [1.29, 1.82) is 0 Å². The molecular formula is C11H18F3NO. The van der Waals surface area contributed by atoms with E-state index in [1.54, 1.807) is 0 Å². The molecule has 1 aliphatic heterocycles. The van der Waals surface area contributed by atoms with Crippen LogP contribution in [0.2, 0.25) is 0 Å². The van der Waals surface area contributed by atoms with Gasteiger partial charge < -0.3 is 10.5 Å². The second-order valence-corrected chi connectivity index (χ2v) is 5.13. The van der Waals surface area contributed by atoms with Crippen LogP contribution in [0.5, 0.6) is 0 Å². The average Bonchev–Trinajstić information content (AvgIpc) is 2.58. The van der Waals surface area contributed by atoms with Gasteiger partial charge in [0.1, 0.15) is 0 Å². The number of nitrogens with two attached hydrogens (primary N) is 1. The molecule has 2 nitrogen and oxygen atoms in total. The van der Waals surface area contributed by atoms with Crippen LogP contribution in [-0.2, 0) is 4.74 Å². The van der Waals surface area contributed by atoms with E-state index < -0.39 is 12.1 Å². The van der Waals surface area contributed by atoms with Gasteiger partial charge in [0.15, 0.2) is 0 Å². The van der Waals surface area contributed by atoms with Crippen molar-refractivity contribution < 1.29 is 17.9 Å². The molecule has 2 aliphatic rings. The number of alkyl halides is 3. The van der Waals surface area contributed by atoms with Gasteiger partial charge in [-0.3, -0.25) is 0 Å². The minimum absolute atomic E-state index is 0.0390. The van der Waals surface area contributed by atoms with E-state index in [1.807, 2.05) is 6.92 Å². The predicted molar refractivity (Wildman–Crippen MR) is 53.7 cm³/mol. The van der Waals surface area contributed by atoms with Crippen molar-refractivity contribution in [2.45, 2.75) is 32.0 Å². The average molecular weight is 237 g/mol. The maximum atomic E-state index is 12.7. The molecular weight excluding hydrogens is 219 g/mol. The van der Waals surface area contributed by atoms with Crippen molar-refractivity contribution in [3.8, 4) is 0 Å².